The summed E-state index contributed by atoms with van der Waals surface area (Å²) in [6.07, 6.45) is 1.66. The van der Waals surface area contributed by atoms with E-state index in [-0.39, 0.29) is 16.5 Å². The van der Waals surface area contributed by atoms with Crippen LogP contribution in [0.2, 0.25) is 0 Å². The molecule has 3 rings (SSSR count). The van der Waals surface area contributed by atoms with Crippen molar-refractivity contribution in [2.24, 2.45) is 0 Å². The van der Waals surface area contributed by atoms with Crippen LogP contribution in [0.1, 0.15) is 41.6 Å². The summed E-state index contributed by atoms with van der Waals surface area (Å²) in [6, 6.07) is 12.3. The minimum absolute atomic E-state index is 0.0146. The zero-order chi connectivity index (χ0) is 19.6. The van der Waals surface area contributed by atoms with Gasteiger partial charge in [-0.25, -0.2) is 13.1 Å². The molecule has 1 unspecified atom stereocenters. The number of anilines is 1. The first-order chi connectivity index (χ1) is 12.8. The predicted octanol–water partition coefficient (Wildman–Crippen LogP) is 2.57. The van der Waals surface area contributed by atoms with E-state index in [1.54, 1.807) is 31.2 Å². The zero-order valence-electron chi connectivity index (χ0n) is 14.7. The predicted molar refractivity (Wildman–Crippen MR) is 100 cm³/mol. The Hall–Kier alpha value is -2.71. The summed E-state index contributed by atoms with van der Waals surface area (Å²) in [7, 11) is -3.63. The summed E-state index contributed by atoms with van der Waals surface area (Å²) >= 11 is 0. The van der Waals surface area contributed by atoms with Gasteiger partial charge < -0.3 is 10.4 Å². The highest BCUT2D eigenvalue weighted by atomic mass is 32.2. The van der Waals surface area contributed by atoms with Crippen molar-refractivity contribution in [1.82, 2.24) is 4.72 Å². The number of carbonyl (C=O) groups is 2. The van der Waals surface area contributed by atoms with E-state index < -0.39 is 27.8 Å². The lowest BCUT2D eigenvalue weighted by atomic mass is 10.0. The molecule has 0 heterocycles. The molecule has 27 heavy (non-hydrogen) atoms. The number of rotatable bonds is 7. The second kappa shape index (κ2) is 7.50. The Morgan fingerprint density at radius 1 is 1.11 bits per heavy atom. The molecule has 1 amide bonds. The summed E-state index contributed by atoms with van der Waals surface area (Å²) in [4.78, 5) is 23.5. The van der Waals surface area contributed by atoms with Gasteiger partial charge in [0.1, 0.15) is 0 Å². The summed E-state index contributed by atoms with van der Waals surface area (Å²) in [5.41, 5.74) is 1.34. The van der Waals surface area contributed by atoms with E-state index >= 15 is 0 Å². The van der Waals surface area contributed by atoms with Gasteiger partial charge in [-0.3, -0.25) is 9.59 Å². The Morgan fingerprint density at radius 3 is 2.37 bits per heavy atom. The van der Waals surface area contributed by atoms with Gasteiger partial charge in [0, 0.05) is 17.3 Å². The molecule has 0 radical (unpaired) electrons. The molecule has 1 fully saturated rings. The fourth-order valence-electron chi connectivity index (χ4n) is 2.49. The highest BCUT2D eigenvalue weighted by molar-refractivity contribution is 7.89. The molecule has 1 aliphatic carbocycles. The fourth-order valence-corrected chi connectivity index (χ4v) is 3.84. The average Bonchev–Trinajstić information content (AvgIpc) is 3.45. The Morgan fingerprint density at radius 2 is 1.78 bits per heavy atom. The van der Waals surface area contributed by atoms with Crippen LogP contribution in [-0.2, 0) is 14.8 Å². The number of aliphatic carboxylic acids is 1. The van der Waals surface area contributed by atoms with Gasteiger partial charge in [-0.05, 0) is 55.7 Å². The normalized spacial score (nSPS) is 15.1. The molecule has 7 nitrogen and oxygen atoms in total. The SMILES string of the molecule is CC(C(=O)O)c1ccc(NC(=O)c2cccc(S(=O)(=O)NC3CC3)c2)cc1. The van der Waals surface area contributed by atoms with Gasteiger partial charge in [0.05, 0.1) is 10.8 Å². The maximum absolute atomic E-state index is 12.4. The van der Waals surface area contributed by atoms with Gasteiger partial charge in [0.25, 0.3) is 5.91 Å². The molecule has 0 aromatic heterocycles. The van der Waals surface area contributed by atoms with E-state index in [1.165, 1.54) is 24.3 Å². The third-order valence-corrected chi connectivity index (χ3v) is 5.86. The first-order valence-electron chi connectivity index (χ1n) is 8.53. The Balaban J connectivity index is 1.72. The number of carbonyl (C=O) groups excluding carboxylic acids is 1. The second-order valence-corrected chi connectivity index (χ2v) is 8.27. The van der Waals surface area contributed by atoms with Crippen LogP contribution in [0.25, 0.3) is 0 Å². The summed E-state index contributed by atoms with van der Waals surface area (Å²) in [5, 5.41) is 11.7. The number of carboxylic acids is 1. The molecule has 2 aromatic carbocycles. The molecule has 0 aliphatic heterocycles. The van der Waals surface area contributed by atoms with Crippen LogP contribution in [0, 0.1) is 0 Å². The Kier molecular flexibility index (Phi) is 5.29. The van der Waals surface area contributed by atoms with Crippen molar-refractivity contribution in [3.8, 4) is 0 Å². The van der Waals surface area contributed by atoms with Crippen molar-refractivity contribution in [2.75, 3.05) is 5.32 Å². The number of sulfonamides is 1. The molecule has 0 saturated heterocycles. The van der Waals surface area contributed by atoms with E-state index in [0.29, 0.717) is 11.3 Å². The van der Waals surface area contributed by atoms with E-state index in [1.807, 2.05) is 0 Å². The third kappa shape index (κ3) is 4.72. The quantitative estimate of drug-likeness (QED) is 0.675. The number of benzene rings is 2. The maximum Gasteiger partial charge on any atom is 0.310 e. The molecular formula is C19H20N2O5S. The van der Waals surface area contributed by atoms with E-state index in [9.17, 15) is 18.0 Å². The van der Waals surface area contributed by atoms with Crippen molar-refractivity contribution < 1.29 is 23.1 Å². The largest absolute Gasteiger partial charge is 0.481 e. The molecule has 1 aliphatic rings. The van der Waals surface area contributed by atoms with Crippen molar-refractivity contribution in [3.05, 3.63) is 59.7 Å². The Bertz CT molecular complexity index is 966. The number of nitrogens with one attached hydrogen (secondary N) is 2. The van der Waals surface area contributed by atoms with Crippen LogP contribution < -0.4 is 10.0 Å². The molecule has 142 valence electrons. The molecule has 1 atom stereocenters. The fraction of sp³-hybridized carbons (Fsp3) is 0.263. The highest BCUT2D eigenvalue weighted by Crippen LogP contribution is 2.23. The molecule has 2 aromatic rings. The van der Waals surface area contributed by atoms with E-state index in [2.05, 4.69) is 10.0 Å². The molecule has 1 saturated carbocycles. The lowest BCUT2D eigenvalue weighted by Crippen LogP contribution is -2.26. The standard InChI is InChI=1S/C19H20N2O5S/c1-12(19(23)24)13-5-7-15(8-6-13)20-18(22)14-3-2-4-17(11-14)27(25,26)21-16-9-10-16/h2-8,11-12,16,21H,9-10H2,1H3,(H,20,22)(H,23,24). The first kappa shape index (κ1) is 19.1. The van der Waals surface area contributed by atoms with Gasteiger partial charge in [-0.15, -0.1) is 0 Å². The maximum atomic E-state index is 12.4. The van der Waals surface area contributed by atoms with Crippen LogP contribution in [0.3, 0.4) is 0 Å². The van der Waals surface area contributed by atoms with Crippen molar-refractivity contribution >= 4 is 27.6 Å². The first-order valence-corrected chi connectivity index (χ1v) is 10.0. The van der Waals surface area contributed by atoms with Gasteiger partial charge >= 0.3 is 5.97 Å². The lowest BCUT2D eigenvalue weighted by molar-refractivity contribution is -0.138. The van der Waals surface area contributed by atoms with Crippen molar-refractivity contribution in [1.29, 1.82) is 0 Å². The van der Waals surface area contributed by atoms with Gasteiger partial charge in [-0.2, -0.15) is 0 Å². The number of amides is 1. The van der Waals surface area contributed by atoms with Crippen molar-refractivity contribution in [3.63, 3.8) is 0 Å². The van der Waals surface area contributed by atoms with Crippen LogP contribution in [-0.4, -0.2) is 31.4 Å². The minimum Gasteiger partial charge on any atom is -0.481 e. The second-order valence-electron chi connectivity index (χ2n) is 6.56. The highest BCUT2D eigenvalue weighted by Gasteiger charge is 2.28. The van der Waals surface area contributed by atoms with Crippen LogP contribution in [0.15, 0.2) is 53.4 Å². The van der Waals surface area contributed by atoms with E-state index in [0.717, 1.165) is 12.8 Å². The minimum atomic E-state index is -3.63. The number of hydrogen-bond acceptors (Lipinski definition) is 4. The third-order valence-electron chi connectivity index (χ3n) is 4.34. The smallest absolute Gasteiger partial charge is 0.310 e. The Labute approximate surface area is 157 Å². The van der Waals surface area contributed by atoms with E-state index in [4.69, 9.17) is 5.11 Å². The summed E-state index contributed by atoms with van der Waals surface area (Å²) < 4.78 is 27.1. The number of carboxylic acid groups (broad SMARTS) is 1. The summed E-state index contributed by atoms with van der Waals surface area (Å²) in [5.74, 6) is -2.02. The average molecular weight is 388 g/mol. The van der Waals surface area contributed by atoms with Gasteiger partial charge in [-0.1, -0.05) is 18.2 Å². The lowest BCUT2D eigenvalue weighted by Gasteiger charge is -2.10. The van der Waals surface area contributed by atoms with Crippen LogP contribution in [0.4, 0.5) is 5.69 Å². The number of hydrogen-bond donors (Lipinski definition) is 3. The van der Waals surface area contributed by atoms with Gasteiger partial charge in [0.15, 0.2) is 0 Å². The molecule has 0 spiro atoms. The monoisotopic (exact) mass is 388 g/mol. The van der Waals surface area contributed by atoms with Gasteiger partial charge in [0.2, 0.25) is 10.0 Å². The van der Waals surface area contributed by atoms with Crippen molar-refractivity contribution in [2.45, 2.75) is 36.6 Å². The molecule has 0 bridgehead atoms. The topological polar surface area (TPSA) is 113 Å². The zero-order valence-corrected chi connectivity index (χ0v) is 15.5. The molecular weight excluding hydrogens is 368 g/mol. The van der Waals surface area contributed by atoms with Crippen LogP contribution >= 0.6 is 0 Å². The summed E-state index contributed by atoms with van der Waals surface area (Å²) in [6.45, 7) is 1.58. The molecule has 8 heteroatoms. The molecule has 3 N–H and O–H groups in total. The van der Waals surface area contributed by atoms with Crippen LogP contribution in [0.5, 0.6) is 0 Å².